The van der Waals surface area contributed by atoms with E-state index in [0.29, 0.717) is 14.8 Å². The van der Waals surface area contributed by atoms with E-state index in [2.05, 4.69) is 20.9 Å². The van der Waals surface area contributed by atoms with Gasteiger partial charge in [-0.2, -0.15) is 5.26 Å². The Morgan fingerprint density at radius 3 is 2.73 bits per heavy atom. The van der Waals surface area contributed by atoms with Crippen molar-refractivity contribution in [3.8, 4) is 6.07 Å². The summed E-state index contributed by atoms with van der Waals surface area (Å²) in [5.74, 6) is 0. The molecule has 1 rings (SSSR count). The van der Waals surface area contributed by atoms with Crippen LogP contribution in [0.1, 0.15) is 23.2 Å². The second-order valence-corrected chi connectivity index (χ2v) is 4.44. The van der Waals surface area contributed by atoms with Crippen LogP contribution >= 0.6 is 38.5 Å². The highest BCUT2D eigenvalue weighted by Gasteiger charge is 2.20. The van der Waals surface area contributed by atoms with Crippen molar-refractivity contribution >= 4 is 38.5 Å². The van der Waals surface area contributed by atoms with Gasteiger partial charge in [-0.3, -0.25) is 4.98 Å². The maximum Gasteiger partial charge on any atom is 0.265 e. The Bertz CT molecular complexity index is 404. The molecule has 80 valence electrons. The van der Waals surface area contributed by atoms with Crippen molar-refractivity contribution in [2.75, 3.05) is 0 Å². The fourth-order valence-corrected chi connectivity index (χ4v) is 2.28. The molecule has 0 aliphatic rings. The minimum Gasteiger partial charge on any atom is -0.259 e. The lowest BCUT2D eigenvalue weighted by Gasteiger charge is -2.11. The lowest BCUT2D eigenvalue weighted by atomic mass is 10.1. The van der Waals surface area contributed by atoms with Crippen LogP contribution in [0.5, 0.6) is 0 Å². The van der Waals surface area contributed by atoms with E-state index in [9.17, 15) is 8.78 Å². The molecule has 1 heterocycles. The van der Waals surface area contributed by atoms with E-state index in [4.69, 9.17) is 5.26 Å². The van der Waals surface area contributed by atoms with Gasteiger partial charge >= 0.3 is 0 Å². The average Bonchev–Trinajstić information content (AvgIpc) is 2.20. The summed E-state index contributed by atoms with van der Waals surface area (Å²) in [5.41, 5.74) is 0.577. The topological polar surface area (TPSA) is 36.7 Å². The van der Waals surface area contributed by atoms with Crippen LogP contribution < -0.4 is 0 Å². The monoisotopic (exact) mass is 386 g/mol. The zero-order valence-electron chi connectivity index (χ0n) is 7.48. The van der Waals surface area contributed by atoms with Crippen LogP contribution in [-0.2, 0) is 11.8 Å². The highest BCUT2D eigenvalue weighted by Crippen LogP contribution is 2.30. The van der Waals surface area contributed by atoms with E-state index in [1.165, 1.54) is 6.20 Å². The van der Waals surface area contributed by atoms with E-state index in [0.717, 1.165) is 0 Å². The van der Waals surface area contributed by atoms with Crippen molar-refractivity contribution < 1.29 is 8.78 Å². The first-order valence-electron chi connectivity index (χ1n) is 3.99. The molecule has 0 aliphatic carbocycles. The third kappa shape index (κ3) is 2.84. The molecule has 0 aliphatic heterocycles. The fraction of sp³-hybridized carbons (Fsp3) is 0.333. The van der Waals surface area contributed by atoms with E-state index in [1.807, 2.05) is 28.7 Å². The van der Waals surface area contributed by atoms with Crippen molar-refractivity contribution in [2.45, 2.75) is 18.2 Å². The summed E-state index contributed by atoms with van der Waals surface area (Å²) < 4.78 is 26.2. The standard InChI is InChI=1S/C9H6BrF2IN2/c10-3-7-8(9(11)12)5(1-2-14)6(13)4-15-7/h4,9H,1,3H2. The van der Waals surface area contributed by atoms with Crippen LogP contribution in [0.3, 0.4) is 0 Å². The molecule has 0 amide bonds. The summed E-state index contributed by atoms with van der Waals surface area (Å²) in [6.07, 6.45) is -1.10. The van der Waals surface area contributed by atoms with Gasteiger partial charge in [-0.1, -0.05) is 15.9 Å². The Kier molecular flexibility index (Phi) is 4.86. The highest BCUT2D eigenvalue weighted by molar-refractivity contribution is 14.1. The summed E-state index contributed by atoms with van der Waals surface area (Å²) >= 11 is 5.02. The molecule has 0 N–H and O–H groups in total. The van der Waals surface area contributed by atoms with Gasteiger partial charge in [-0.25, -0.2) is 8.78 Å². The van der Waals surface area contributed by atoms with E-state index in [1.54, 1.807) is 0 Å². The molecule has 15 heavy (non-hydrogen) atoms. The predicted molar refractivity (Wildman–Crippen MR) is 63.9 cm³/mol. The normalized spacial score (nSPS) is 10.4. The third-order valence-corrected chi connectivity index (χ3v) is 3.32. The van der Waals surface area contributed by atoms with Gasteiger partial charge in [0.25, 0.3) is 6.43 Å². The van der Waals surface area contributed by atoms with Gasteiger partial charge in [0, 0.05) is 20.7 Å². The second-order valence-electron chi connectivity index (χ2n) is 2.71. The van der Waals surface area contributed by atoms with Gasteiger partial charge in [0.1, 0.15) is 0 Å². The summed E-state index contributed by atoms with van der Waals surface area (Å²) in [4.78, 5) is 3.92. The van der Waals surface area contributed by atoms with Crippen molar-refractivity contribution in [2.24, 2.45) is 0 Å². The molecule has 1 aromatic rings. The van der Waals surface area contributed by atoms with E-state index < -0.39 is 6.43 Å². The Morgan fingerprint density at radius 1 is 1.60 bits per heavy atom. The number of halogens is 4. The molecular weight excluding hydrogens is 381 g/mol. The highest BCUT2D eigenvalue weighted by atomic mass is 127. The lowest BCUT2D eigenvalue weighted by Crippen LogP contribution is -2.04. The van der Waals surface area contributed by atoms with Crippen LogP contribution in [0.4, 0.5) is 8.78 Å². The number of alkyl halides is 3. The number of hydrogen-bond donors (Lipinski definition) is 0. The number of hydrogen-bond acceptors (Lipinski definition) is 2. The van der Waals surface area contributed by atoms with Crippen LogP contribution in [0.25, 0.3) is 0 Å². The first kappa shape index (κ1) is 12.8. The molecule has 6 heteroatoms. The van der Waals surface area contributed by atoms with Gasteiger partial charge in [0.05, 0.1) is 18.2 Å². The van der Waals surface area contributed by atoms with Crippen LogP contribution in [-0.4, -0.2) is 4.98 Å². The molecule has 1 aromatic heterocycles. The smallest absolute Gasteiger partial charge is 0.259 e. The largest absolute Gasteiger partial charge is 0.265 e. The molecule has 0 aromatic carbocycles. The van der Waals surface area contributed by atoms with Crippen molar-refractivity contribution in [3.63, 3.8) is 0 Å². The molecular formula is C9H6BrF2IN2. The van der Waals surface area contributed by atoms with Crippen LogP contribution in [0, 0.1) is 14.9 Å². The molecule has 0 saturated carbocycles. The van der Waals surface area contributed by atoms with Crippen molar-refractivity contribution in [1.29, 1.82) is 5.26 Å². The number of aromatic nitrogens is 1. The Balaban J connectivity index is 3.38. The molecule has 0 unspecified atom stereocenters. The number of nitriles is 1. The zero-order chi connectivity index (χ0) is 11.4. The molecule has 0 radical (unpaired) electrons. The van der Waals surface area contributed by atoms with Gasteiger partial charge in [-0.15, -0.1) is 0 Å². The van der Waals surface area contributed by atoms with Gasteiger partial charge in [-0.05, 0) is 28.2 Å². The quantitative estimate of drug-likeness (QED) is 0.588. The predicted octanol–water partition coefficient (Wildman–Crippen LogP) is 3.58. The maximum absolute atomic E-state index is 12.8. The number of nitrogens with zero attached hydrogens (tertiary/aromatic N) is 2. The Morgan fingerprint density at radius 2 is 2.27 bits per heavy atom. The lowest BCUT2D eigenvalue weighted by molar-refractivity contribution is 0.149. The van der Waals surface area contributed by atoms with Gasteiger partial charge in [0.15, 0.2) is 0 Å². The molecule has 0 atom stereocenters. The SMILES string of the molecule is N#CCc1c(I)cnc(CBr)c1C(F)F. The molecule has 0 spiro atoms. The van der Waals surface area contributed by atoms with Gasteiger partial charge in [0.2, 0.25) is 0 Å². The van der Waals surface area contributed by atoms with Crippen molar-refractivity contribution in [3.05, 3.63) is 26.6 Å². The van der Waals surface area contributed by atoms with Crippen molar-refractivity contribution in [1.82, 2.24) is 4.98 Å². The van der Waals surface area contributed by atoms with Gasteiger partial charge < -0.3 is 0 Å². The Labute approximate surface area is 108 Å². The number of rotatable bonds is 3. The first-order valence-corrected chi connectivity index (χ1v) is 6.19. The molecule has 0 bridgehead atoms. The summed E-state index contributed by atoms with van der Waals surface area (Å²) in [5, 5.41) is 8.85. The minimum atomic E-state index is -2.59. The Hall–Kier alpha value is -0.290. The van der Waals surface area contributed by atoms with E-state index >= 15 is 0 Å². The van der Waals surface area contributed by atoms with Crippen LogP contribution in [0.15, 0.2) is 6.20 Å². The van der Waals surface area contributed by atoms with E-state index in [-0.39, 0.29) is 17.3 Å². The number of pyridine rings is 1. The summed E-state index contributed by atoms with van der Waals surface area (Å²) in [6, 6.07) is 1.89. The molecule has 0 saturated heterocycles. The molecule has 0 fully saturated rings. The first-order chi connectivity index (χ1) is 7.11. The zero-order valence-corrected chi connectivity index (χ0v) is 11.2. The van der Waals surface area contributed by atoms with Crippen LogP contribution in [0.2, 0.25) is 0 Å². The summed E-state index contributed by atoms with van der Waals surface area (Å²) in [6.45, 7) is 0. The fourth-order valence-electron chi connectivity index (χ4n) is 1.21. The maximum atomic E-state index is 12.8. The minimum absolute atomic E-state index is 0.0134. The average molecular weight is 387 g/mol. The second kappa shape index (κ2) is 5.70. The molecule has 2 nitrogen and oxygen atoms in total. The third-order valence-electron chi connectivity index (χ3n) is 1.86. The summed E-state index contributed by atoms with van der Waals surface area (Å²) in [7, 11) is 0.